The smallest absolute Gasteiger partial charge is 0.228 e. The van der Waals surface area contributed by atoms with Gasteiger partial charge in [0.25, 0.3) is 0 Å². The van der Waals surface area contributed by atoms with Crippen LogP contribution in [0.2, 0.25) is 5.02 Å². The van der Waals surface area contributed by atoms with Crippen molar-refractivity contribution in [3.63, 3.8) is 0 Å². The zero-order chi connectivity index (χ0) is 17.3. The number of aliphatic hydroxyl groups excluding tert-OH is 1. The number of nitrogens with zero attached hydrogens (tertiary/aromatic N) is 1. The highest BCUT2D eigenvalue weighted by Crippen LogP contribution is 2.22. The molecular weight excluding hydrogens is 333 g/mol. The molecule has 0 saturated carbocycles. The van der Waals surface area contributed by atoms with Crippen molar-refractivity contribution in [1.29, 1.82) is 0 Å². The summed E-state index contributed by atoms with van der Waals surface area (Å²) in [5, 5.41) is 12.5. The third-order valence-corrected chi connectivity index (χ3v) is 3.93. The first kappa shape index (κ1) is 16.4. The molecule has 3 rings (SSSR count). The second-order valence-corrected chi connectivity index (χ2v) is 5.86. The van der Waals surface area contributed by atoms with Crippen LogP contribution in [0.25, 0.3) is 11.0 Å². The first-order chi connectivity index (χ1) is 11.4. The highest BCUT2D eigenvalue weighted by Gasteiger charge is 2.13. The number of carbonyl (C=O) groups excluding carboxylic acids is 1. The average molecular weight is 348 g/mol. The van der Waals surface area contributed by atoms with E-state index in [9.17, 15) is 14.3 Å². The van der Waals surface area contributed by atoms with E-state index in [0.29, 0.717) is 22.5 Å². The fourth-order valence-corrected chi connectivity index (χ4v) is 2.60. The van der Waals surface area contributed by atoms with Crippen LogP contribution in [0.4, 0.5) is 10.1 Å². The Bertz CT molecular complexity index is 888. The van der Waals surface area contributed by atoms with Crippen LogP contribution in [0.1, 0.15) is 24.4 Å². The Morgan fingerprint density at radius 2 is 2.21 bits per heavy atom. The molecule has 3 aromatic rings. The monoisotopic (exact) mass is 347 g/mol. The molecule has 1 atom stereocenters. The lowest BCUT2D eigenvalue weighted by atomic mass is 10.1. The summed E-state index contributed by atoms with van der Waals surface area (Å²) in [6, 6.07) is 9.42. The molecule has 0 aliphatic carbocycles. The number of halogens is 2. The molecule has 1 amide bonds. The lowest BCUT2D eigenvalue weighted by molar-refractivity contribution is -0.115. The minimum Gasteiger partial charge on any atom is -0.385 e. The Balaban J connectivity index is 1.78. The molecule has 1 aromatic heterocycles. The number of H-pyrrole nitrogens is 1. The summed E-state index contributed by atoms with van der Waals surface area (Å²) < 4.78 is 13.7. The molecule has 0 saturated heterocycles. The molecule has 3 N–H and O–H groups in total. The molecule has 1 unspecified atom stereocenters. The average Bonchev–Trinajstić information content (AvgIpc) is 2.94. The van der Waals surface area contributed by atoms with E-state index in [0.717, 1.165) is 0 Å². The van der Waals surface area contributed by atoms with E-state index in [-0.39, 0.29) is 22.9 Å². The minimum atomic E-state index is -0.710. The predicted octanol–water partition coefficient (Wildman–Crippen LogP) is 3.59. The van der Waals surface area contributed by atoms with Crippen LogP contribution < -0.4 is 5.32 Å². The number of hydrogen-bond acceptors (Lipinski definition) is 3. The van der Waals surface area contributed by atoms with E-state index in [1.54, 1.807) is 31.2 Å². The predicted molar refractivity (Wildman–Crippen MR) is 90.5 cm³/mol. The molecule has 0 radical (unpaired) electrons. The third kappa shape index (κ3) is 3.39. The van der Waals surface area contributed by atoms with E-state index in [1.807, 2.05) is 0 Å². The molecule has 0 spiro atoms. The van der Waals surface area contributed by atoms with Gasteiger partial charge in [-0.05, 0) is 37.3 Å². The molecule has 2 aromatic carbocycles. The summed E-state index contributed by atoms with van der Waals surface area (Å²) in [5.41, 5.74) is 2.07. The molecule has 1 heterocycles. The SMILES string of the molecule is CC(O)c1nc2ccc(NC(=O)Cc3c(F)cccc3Cl)cc2[nH]1. The van der Waals surface area contributed by atoms with Gasteiger partial charge in [-0.3, -0.25) is 4.79 Å². The van der Waals surface area contributed by atoms with E-state index in [4.69, 9.17) is 11.6 Å². The Hall–Kier alpha value is -2.44. The van der Waals surface area contributed by atoms with E-state index < -0.39 is 11.9 Å². The van der Waals surface area contributed by atoms with Gasteiger partial charge in [0, 0.05) is 16.3 Å². The van der Waals surface area contributed by atoms with Crippen molar-refractivity contribution in [3.05, 3.63) is 58.6 Å². The fraction of sp³-hybridized carbons (Fsp3) is 0.176. The van der Waals surface area contributed by atoms with Gasteiger partial charge >= 0.3 is 0 Å². The molecule has 0 aliphatic rings. The van der Waals surface area contributed by atoms with E-state index in [2.05, 4.69) is 15.3 Å². The highest BCUT2D eigenvalue weighted by molar-refractivity contribution is 6.31. The maximum absolute atomic E-state index is 13.7. The molecule has 0 bridgehead atoms. The first-order valence-corrected chi connectivity index (χ1v) is 7.72. The number of fused-ring (bicyclic) bond motifs is 1. The van der Waals surface area contributed by atoms with Crippen LogP contribution in [-0.2, 0) is 11.2 Å². The van der Waals surface area contributed by atoms with Crippen LogP contribution in [-0.4, -0.2) is 21.0 Å². The number of amides is 1. The lowest BCUT2D eigenvalue weighted by Crippen LogP contribution is -2.15. The highest BCUT2D eigenvalue weighted by atomic mass is 35.5. The summed E-state index contributed by atoms with van der Waals surface area (Å²) in [5.74, 6) is -0.438. The van der Waals surface area contributed by atoms with E-state index in [1.165, 1.54) is 12.1 Å². The van der Waals surface area contributed by atoms with Gasteiger partial charge < -0.3 is 15.4 Å². The maximum Gasteiger partial charge on any atom is 0.228 e. The van der Waals surface area contributed by atoms with Gasteiger partial charge in [-0.25, -0.2) is 9.37 Å². The van der Waals surface area contributed by atoms with Crippen LogP contribution in [0.3, 0.4) is 0 Å². The first-order valence-electron chi connectivity index (χ1n) is 7.34. The van der Waals surface area contributed by atoms with Crippen LogP contribution in [0, 0.1) is 5.82 Å². The Morgan fingerprint density at radius 3 is 2.92 bits per heavy atom. The number of carbonyl (C=O) groups is 1. The second-order valence-electron chi connectivity index (χ2n) is 5.46. The van der Waals surface area contributed by atoms with Crippen molar-refractivity contribution in [2.45, 2.75) is 19.4 Å². The summed E-state index contributed by atoms with van der Waals surface area (Å²) in [6.07, 6.45) is -0.871. The van der Waals surface area contributed by atoms with Crippen molar-refractivity contribution in [1.82, 2.24) is 9.97 Å². The summed E-state index contributed by atoms with van der Waals surface area (Å²) in [4.78, 5) is 19.4. The number of aromatic amines is 1. The lowest BCUT2D eigenvalue weighted by Gasteiger charge is -2.07. The van der Waals surface area contributed by atoms with Crippen LogP contribution in [0.5, 0.6) is 0 Å². The molecule has 0 aliphatic heterocycles. The third-order valence-electron chi connectivity index (χ3n) is 3.58. The molecule has 5 nitrogen and oxygen atoms in total. The number of hydrogen-bond donors (Lipinski definition) is 3. The zero-order valence-corrected chi connectivity index (χ0v) is 13.6. The van der Waals surface area contributed by atoms with Gasteiger partial charge in [0.15, 0.2) is 0 Å². The van der Waals surface area contributed by atoms with Gasteiger partial charge in [0.2, 0.25) is 5.91 Å². The Morgan fingerprint density at radius 1 is 1.42 bits per heavy atom. The van der Waals surface area contributed by atoms with Crippen LogP contribution in [0.15, 0.2) is 36.4 Å². The minimum absolute atomic E-state index is 0.161. The number of aliphatic hydroxyl groups is 1. The second kappa shape index (κ2) is 6.59. The standard InChI is InChI=1S/C17H15ClFN3O2/c1-9(23)17-21-14-6-5-10(7-15(14)22-17)20-16(24)8-11-12(18)3-2-4-13(11)19/h2-7,9,23H,8H2,1H3,(H,20,24)(H,21,22). The topological polar surface area (TPSA) is 78.0 Å². The maximum atomic E-state index is 13.7. The number of rotatable bonds is 4. The largest absolute Gasteiger partial charge is 0.385 e. The molecule has 24 heavy (non-hydrogen) atoms. The summed E-state index contributed by atoms with van der Waals surface area (Å²) in [6.45, 7) is 1.61. The van der Waals surface area contributed by atoms with Crippen molar-refractivity contribution >= 4 is 34.2 Å². The fourth-order valence-electron chi connectivity index (χ4n) is 2.37. The zero-order valence-electron chi connectivity index (χ0n) is 12.8. The van der Waals surface area contributed by atoms with Crippen LogP contribution >= 0.6 is 11.6 Å². The normalized spacial score (nSPS) is 12.3. The Labute approximate surface area is 142 Å². The quantitative estimate of drug-likeness (QED) is 0.675. The van der Waals surface area contributed by atoms with Crippen molar-refractivity contribution in [2.24, 2.45) is 0 Å². The number of aromatic nitrogens is 2. The van der Waals surface area contributed by atoms with E-state index >= 15 is 0 Å². The molecular formula is C17H15ClFN3O2. The number of imidazole rings is 1. The van der Waals surface area contributed by atoms with Gasteiger partial charge in [-0.1, -0.05) is 17.7 Å². The van der Waals surface area contributed by atoms with Gasteiger partial charge in [0.1, 0.15) is 17.7 Å². The van der Waals surface area contributed by atoms with Gasteiger partial charge in [0.05, 0.1) is 17.5 Å². The number of anilines is 1. The van der Waals surface area contributed by atoms with Gasteiger partial charge in [-0.2, -0.15) is 0 Å². The van der Waals surface area contributed by atoms with Gasteiger partial charge in [-0.15, -0.1) is 0 Å². The van der Waals surface area contributed by atoms with Crippen molar-refractivity contribution in [3.8, 4) is 0 Å². The van der Waals surface area contributed by atoms with Crippen molar-refractivity contribution < 1.29 is 14.3 Å². The number of benzene rings is 2. The molecule has 0 fully saturated rings. The van der Waals surface area contributed by atoms with Crippen molar-refractivity contribution in [2.75, 3.05) is 5.32 Å². The Kier molecular flexibility index (Phi) is 4.51. The number of nitrogens with one attached hydrogen (secondary N) is 2. The summed E-state index contributed by atoms with van der Waals surface area (Å²) in [7, 11) is 0. The molecule has 7 heteroatoms. The molecule has 124 valence electrons. The summed E-state index contributed by atoms with van der Waals surface area (Å²) >= 11 is 5.93.